The summed E-state index contributed by atoms with van der Waals surface area (Å²) in [5.41, 5.74) is 0.814. The number of hydrogen-bond acceptors (Lipinski definition) is 3. The van der Waals surface area contributed by atoms with Crippen molar-refractivity contribution in [3.63, 3.8) is 0 Å². The molecule has 0 aromatic heterocycles. The van der Waals surface area contributed by atoms with Crippen molar-refractivity contribution in [1.29, 1.82) is 0 Å². The van der Waals surface area contributed by atoms with Gasteiger partial charge in [-0.2, -0.15) is 0 Å². The average molecular weight is 447 g/mol. The van der Waals surface area contributed by atoms with Crippen molar-refractivity contribution >= 4 is 55.8 Å². The number of benzene rings is 2. The van der Waals surface area contributed by atoms with E-state index in [2.05, 4.69) is 43.8 Å². The summed E-state index contributed by atoms with van der Waals surface area (Å²) in [6, 6.07) is 11.6. The van der Waals surface area contributed by atoms with Gasteiger partial charge < -0.3 is 5.32 Å². The molecule has 0 spiro atoms. The SMILES string of the molecule is O=C(Nc1ccc(Br)c([N+](=O)[O-])c1)c1ccccc1I. The van der Waals surface area contributed by atoms with Gasteiger partial charge in [0.05, 0.1) is 15.0 Å². The predicted molar refractivity (Wildman–Crippen MR) is 87.9 cm³/mol. The second-order valence-electron chi connectivity index (χ2n) is 3.86. The lowest BCUT2D eigenvalue weighted by molar-refractivity contribution is -0.385. The second kappa shape index (κ2) is 6.31. The highest BCUT2D eigenvalue weighted by molar-refractivity contribution is 14.1. The molecule has 20 heavy (non-hydrogen) atoms. The number of nitro groups is 1. The minimum absolute atomic E-state index is 0.0921. The first-order chi connectivity index (χ1) is 9.49. The van der Waals surface area contributed by atoms with Gasteiger partial charge in [-0.3, -0.25) is 14.9 Å². The molecule has 0 atom stereocenters. The Morgan fingerprint density at radius 3 is 2.60 bits per heavy atom. The highest BCUT2D eigenvalue weighted by Crippen LogP contribution is 2.28. The topological polar surface area (TPSA) is 72.2 Å². The molecule has 0 bridgehead atoms. The van der Waals surface area contributed by atoms with E-state index in [1.165, 1.54) is 12.1 Å². The second-order valence-corrected chi connectivity index (χ2v) is 5.87. The zero-order valence-corrected chi connectivity index (χ0v) is 13.7. The summed E-state index contributed by atoms with van der Waals surface area (Å²) < 4.78 is 1.18. The van der Waals surface area contributed by atoms with Crippen molar-refractivity contribution in [3.05, 3.63) is 66.2 Å². The number of carbonyl (C=O) groups is 1. The molecule has 0 heterocycles. The molecule has 1 N–H and O–H groups in total. The monoisotopic (exact) mass is 446 g/mol. The van der Waals surface area contributed by atoms with Gasteiger partial charge in [-0.05, 0) is 62.8 Å². The quantitative estimate of drug-likeness (QED) is 0.436. The van der Waals surface area contributed by atoms with Gasteiger partial charge in [0.2, 0.25) is 0 Å². The molecule has 0 saturated heterocycles. The summed E-state index contributed by atoms with van der Waals surface area (Å²) in [5, 5.41) is 13.5. The van der Waals surface area contributed by atoms with Crippen LogP contribution in [0.2, 0.25) is 0 Å². The van der Waals surface area contributed by atoms with Crippen LogP contribution >= 0.6 is 38.5 Å². The van der Waals surface area contributed by atoms with Crippen molar-refractivity contribution in [3.8, 4) is 0 Å². The Balaban J connectivity index is 2.27. The molecular formula is C13H8BrIN2O3. The van der Waals surface area contributed by atoms with Crippen LogP contribution in [0.5, 0.6) is 0 Å². The maximum Gasteiger partial charge on any atom is 0.285 e. The average Bonchev–Trinajstić information content (AvgIpc) is 2.41. The van der Waals surface area contributed by atoms with Crippen LogP contribution in [0.15, 0.2) is 46.9 Å². The Labute approximate surface area is 136 Å². The van der Waals surface area contributed by atoms with E-state index in [4.69, 9.17) is 0 Å². The van der Waals surface area contributed by atoms with E-state index in [-0.39, 0.29) is 11.6 Å². The van der Waals surface area contributed by atoms with Crippen molar-refractivity contribution in [2.45, 2.75) is 0 Å². The van der Waals surface area contributed by atoms with Gasteiger partial charge in [0.1, 0.15) is 0 Å². The highest BCUT2D eigenvalue weighted by Gasteiger charge is 2.15. The van der Waals surface area contributed by atoms with Gasteiger partial charge >= 0.3 is 0 Å². The maximum absolute atomic E-state index is 12.1. The molecule has 1 amide bonds. The van der Waals surface area contributed by atoms with Crippen LogP contribution in [-0.2, 0) is 0 Å². The smallest absolute Gasteiger partial charge is 0.285 e. The van der Waals surface area contributed by atoms with Crippen molar-refractivity contribution in [2.75, 3.05) is 5.32 Å². The van der Waals surface area contributed by atoms with E-state index < -0.39 is 4.92 Å². The Morgan fingerprint density at radius 1 is 1.25 bits per heavy atom. The molecule has 2 aromatic carbocycles. The molecule has 2 aromatic rings. The van der Waals surface area contributed by atoms with E-state index >= 15 is 0 Å². The third-order valence-corrected chi connectivity index (χ3v) is 4.13. The van der Waals surface area contributed by atoms with Gasteiger partial charge in [-0.1, -0.05) is 12.1 Å². The zero-order chi connectivity index (χ0) is 14.7. The van der Waals surface area contributed by atoms with E-state index in [0.29, 0.717) is 15.7 Å². The fourth-order valence-electron chi connectivity index (χ4n) is 1.57. The fraction of sp³-hybridized carbons (Fsp3) is 0. The molecule has 2 rings (SSSR count). The van der Waals surface area contributed by atoms with Crippen LogP contribution in [0.1, 0.15) is 10.4 Å². The molecule has 0 fully saturated rings. The molecule has 0 aliphatic rings. The lowest BCUT2D eigenvalue weighted by Gasteiger charge is -2.07. The summed E-state index contributed by atoms with van der Waals surface area (Å²) in [6.07, 6.45) is 0. The third kappa shape index (κ3) is 3.34. The molecule has 5 nitrogen and oxygen atoms in total. The molecule has 7 heteroatoms. The number of rotatable bonds is 3. The van der Waals surface area contributed by atoms with Crippen LogP contribution in [-0.4, -0.2) is 10.8 Å². The molecule has 0 aliphatic carbocycles. The molecule has 0 saturated carbocycles. The molecular weight excluding hydrogens is 439 g/mol. The Bertz CT molecular complexity index is 691. The summed E-state index contributed by atoms with van der Waals surface area (Å²) in [7, 11) is 0. The Morgan fingerprint density at radius 2 is 1.95 bits per heavy atom. The third-order valence-electron chi connectivity index (χ3n) is 2.52. The molecule has 0 unspecified atom stereocenters. The lowest BCUT2D eigenvalue weighted by atomic mass is 10.2. The number of anilines is 1. The van der Waals surface area contributed by atoms with Crippen molar-refractivity contribution in [2.24, 2.45) is 0 Å². The summed E-state index contributed by atoms with van der Waals surface area (Å²) in [5.74, 6) is -0.299. The Hall–Kier alpha value is -1.48. The summed E-state index contributed by atoms with van der Waals surface area (Å²) >= 11 is 5.16. The van der Waals surface area contributed by atoms with Crippen LogP contribution in [0.4, 0.5) is 11.4 Å². The van der Waals surface area contributed by atoms with Crippen LogP contribution in [0, 0.1) is 13.7 Å². The van der Waals surface area contributed by atoms with Crippen LogP contribution < -0.4 is 5.32 Å². The van der Waals surface area contributed by atoms with Crippen molar-refractivity contribution < 1.29 is 9.72 Å². The standard InChI is InChI=1S/C13H8BrIN2O3/c14-10-6-5-8(7-12(10)17(19)20)16-13(18)9-3-1-2-4-11(9)15/h1-7H,(H,16,18). The minimum Gasteiger partial charge on any atom is -0.322 e. The van der Waals surface area contributed by atoms with E-state index in [0.717, 1.165) is 3.57 Å². The Kier molecular flexibility index (Phi) is 4.71. The van der Waals surface area contributed by atoms with Crippen LogP contribution in [0.3, 0.4) is 0 Å². The molecule has 0 aliphatic heterocycles. The zero-order valence-electron chi connectivity index (χ0n) is 9.97. The predicted octanol–water partition coefficient (Wildman–Crippen LogP) is 4.21. The maximum atomic E-state index is 12.1. The van der Waals surface area contributed by atoms with Crippen LogP contribution in [0.25, 0.3) is 0 Å². The normalized spacial score (nSPS) is 10.1. The highest BCUT2D eigenvalue weighted by atomic mass is 127. The number of nitrogens with one attached hydrogen (secondary N) is 1. The first-order valence-corrected chi connectivity index (χ1v) is 7.36. The largest absolute Gasteiger partial charge is 0.322 e. The summed E-state index contributed by atoms with van der Waals surface area (Å²) in [4.78, 5) is 22.4. The molecule has 0 radical (unpaired) electrons. The van der Waals surface area contributed by atoms with E-state index in [9.17, 15) is 14.9 Å². The van der Waals surface area contributed by atoms with Gasteiger partial charge in [-0.15, -0.1) is 0 Å². The van der Waals surface area contributed by atoms with E-state index in [1.54, 1.807) is 18.2 Å². The minimum atomic E-state index is -0.508. The number of amides is 1. The summed E-state index contributed by atoms with van der Waals surface area (Å²) in [6.45, 7) is 0. The first-order valence-electron chi connectivity index (χ1n) is 5.49. The molecule has 102 valence electrons. The number of halogens is 2. The number of carbonyl (C=O) groups excluding carboxylic acids is 1. The number of nitrogens with zero attached hydrogens (tertiary/aromatic N) is 1. The van der Waals surface area contributed by atoms with E-state index in [1.807, 2.05) is 12.1 Å². The van der Waals surface area contributed by atoms with Crippen molar-refractivity contribution in [1.82, 2.24) is 0 Å². The first kappa shape index (κ1) is 14.9. The van der Waals surface area contributed by atoms with Gasteiger partial charge in [0, 0.05) is 15.3 Å². The number of nitro benzene ring substituents is 1. The van der Waals surface area contributed by atoms with Gasteiger partial charge in [0.15, 0.2) is 0 Å². The number of hydrogen-bond donors (Lipinski definition) is 1. The van der Waals surface area contributed by atoms with Gasteiger partial charge in [0.25, 0.3) is 11.6 Å². The van der Waals surface area contributed by atoms with Gasteiger partial charge in [-0.25, -0.2) is 0 Å². The lowest BCUT2D eigenvalue weighted by Crippen LogP contribution is -2.13. The fourth-order valence-corrected chi connectivity index (χ4v) is 2.60.